The van der Waals surface area contributed by atoms with E-state index in [4.69, 9.17) is 9.47 Å². The molecule has 9 heteroatoms. The highest BCUT2D eigenvalue weighted by atomic mass is 79.9. The van der Waals surface area contributed by atoms with Gasteiger partial charge in [0.05, 0.1) is 37.2 Å². The van der Waals surface area contributed by atoms with E-state index in [0.717, 1.165) is 25.7 Å². The first-order valence-electron chi connectivity index (χ1n) is 12.0. The number of hydrogen-bond acceptors (Lipinski definition) is 6. The van der Waals surface area contributed by atoms with E-state index in [-0.39, 0.29) is 41.8 Å². The molecule has 7 atom stereocenters. The Hall–Kier alpha value is -1.19. The molecule has 4 aliphatic rings. The normalized spacial score (nSPS) is 37.6. The molecule has 3 heterocycles. The number of fused-ring (bicyclic) bond motifs is 1. The quantitative estimate of drug-likeness (QED) is 0.396. The summed E-state index contributed by atoms with van der Waals surface area (Å²) in [5.41, 5.74) is -1.10. The van der Waals surface area contributed by atoms with E-state index in [1.807, 2.05) is 13.8 Å². The van der Waals surface area contributed by atoms with Crippen LogP contribution in [-0.2, 0) is 23.9 Å². The standard InChI is InChI=1S/C23H35BrN2O6/c1-4-31-22(30)16-17-21(29)26(15(11-27)12(2)3)19(23(17)10-14(24)18(16)32-23)20(28)25-13-8-6-5-7-9-13/h12-19,27H,4-11H2,1-3H3,(H,25,28)/t14?,15-,16+,17-,18+,19+,23-/m0/s1. The van der Waals surface area contributed by atoms with E-state index in [9.17, 15) is 19.5 Å². The number of nitrogens with one attached hydrogen (secondary N) is 1. The van der Waals surface area contributed by atoms with Gasteiger partial charge in [0.15, 0.2) is 0 Å². The number of alkyl halides is 1. The summed E-state index contributed by atoms with van der Waals surface area (Å²) in [6, 6.07) is -1.34. The zero-order chi connectivity index (χ0) is 23.2. The molecule has 0 aromatic rings. The van der Waals surface area contributed by atoms with E-state index in [0.29, 0.717) is 6.42 Å². The van der Waals surface area contributed by atoms with Crippen molar-refractivity contribution in [2.24, 2.45) is 17.8 Å². The molecule has 180 valence electrons. The molecule has 1 unspecified atom stereocenters. The summed E-state index contributed by atoms with van der Waals surface area (Å²) in [7, 11) is 0. The van der Waals surface area contributed by atoms with Gasteiger partial charge < -0.3 is 24.8 Å². The van der Waals surface area contributed by atoms with Crippen LogP contribution in [0.5, 0.6) is 0 Å². The zero-order valence-electron chi connectivity index (χ0n) is 19.1. The molecule has 4 fully saturated rings. The molecule has 1 aliphatic carbocycles. The lowest BCUT2D eigenvalue weighted by atomic mass is 9.70. The maximum atomic E-state index is 13.8. The number of ether oxygens (including phenoxy) is 2. The molecule has 4 rings (SSSR count). The number of rotatable bonds is 7. The molecule has 32 heavy (non-hydrogen) atoms. The molecule has 2 bridgehead atoms. The molecule has 0 aromatic heterocycles. The number of halogens is 1. The Morgan fingerprint density at radius 3 is 2.59 bits per heavy atom. The summed E-state index contributed by atoms with van der Waals surface area (Å²) in [6.07, 6.45) is 5.11. The van der Waals surface area contributed by atoms with Crippen LogP contribution in [0.15, 0.2) is 0 Å². The molecular weight excluding hydrogens is 480 g/mol. The van der Waals surface area contributed by atoms with E-state index in [1.165, 1.54) is 11.3 Å². The van der Waals surface area contributed by atoms with Gasteiger partial charge in [0.25, 0.3) is 0 Å². The van der Waals surface area contributed by atoms with Crippen LogP contribution in [0.3, 0.4) is 0 Å². The summed E-state index contributed by atoms with van der Waals surface area (Å²) in [5.74, 6) is -2.60. The Bertz CT molecular complexity index is 757. The number of amides is 2. The van der Waals surface area contributed by atoms with Gasteiger partial charge in [-0.15, -0.1) is 0 Å². The fourth-order valence-corrected chi connectivity index (χ4v) is 7.32. The summed E-state index contributed by atoms with van der Waals surface area (Å²) < 4.78 is 11.7. The Morgan fingerprint density at radius 1 is 1.31 bits per heavy atom. The van der Waals surface area contributed by atoms with Crippen LogP contribution in [0.4, 0.5) is 0 Å². The summed E-state index contributed by atoms with van der Waals surface area (Å²) in [5, 5.41) is 13.3. The van der Waals surface area contributed by atoms with Crippen LogP contribution in [0.1, 0.15) is 59.3 Å². The Kier molecular flexibility index (Phi) is 6.90. The van der Waals surface area contributed by atoms with E-state index < -0.39 is 41.6 Å². The summed E-state index contributed by atoms with van der Waals surface area (Å²) in [6.45, 7) is 5.53. The maximum Gasteiger partial charge on any atom is 0.312 e. The topological polar surface area (TPSA) is 105 Å². The smallest absolute Gasteiger partial charge is 0.312 e. The minimum Gasteiger partial charge on any atom is -0.466 e. The number of hydrogen-bond donors (Lipinski definition) is 2. The van der Waals surface area contributed by atoms with Gasteiger partial charge in [-0.05, 0) is 32.1 Å². The summed E-state index contributed by atoms with van der Waals surface area (Å²) >= 11 is 3.64. The second-order valence-corrected chi connectivity index (χ2v) is 11.2. The first-order valence-corrected chi connectivity index (χ1v) is 12.9. The van der Waals surface area contributed by atoms with Gasteiger partial charge in [0, 0.05) is 10.9 Å². The number of carbonyl (C=O) groups excluding carboxylic acids is 3. The predicted octanol–water partition coefficient (Wildman–Crippen LogP) is 1.76. The van der Waals surface area contributed by atoms with Crippen LogP contribution in [0, 0.1) is 17.8 Å². The van der Waals surface area contributed by atoms with Gasteiger partial charge in [-0.1, -0.05) is 49.0 Å². The Balaban J connectivity index is 1.73. The van der Waals surface area contributed by atoms with Gasteiger partial charge in [-0.2, -0.15) is 0 Å². The van der Waals surface area contributed by atoms with Gasteiger partial charge >= 0.3 is 5.97 Å². The monoisotopic (exact) mass is 514 g/mol. The largest absolute Gasteiger partial charge is 0.466 e. The number of aliphatic hydroxyl groups is 1. The number of aliphatic hydroxyl groups excluding tert-OH is 1. The van der Waals surface area contributed by atoms with Crippen molar-refractivity contribution in [2.45, 2.75) is 94.0 Å². The van der Waals surface area contributed by atoms with Crippen molar-refractivity contribution in [2.75, 3.05) is 13.2 Å². The third-order valence-electron chi connectivity index (χ3n) is 7.80. The second kappa shape index (κ2) is 9.22. The average molecular weight is 515 g/mol. The number of carbonyl (C=O) groups is 3. The third-order valence-corrected chi connectivity index (χ3v) is 8.64. The van der Waals surface area contributed by atoms with Crippen molar-refractivity contribution in [3.63, 3.8) is 0 Å². The minimum absolute atomic E-state index is 0.0674. The van der Waals surface area contributed by atoms with Crippen LogP contribution in [0.25, 0.3) is 0 Å². The van der Waals surface area contributed by atoms with Crippen molar-refractivity contribution in [3.05, 3.63) is 0 Å². The third kappa shape index (κ3) is 3.68. The van der Waals surface area contributed by atoms with E-state index in [1.54, 1.807) is 6.92 Å². The molecule has 0 radical (unpaired) electrons. The molecule has 0 aromatic carbocycles. The van der Waals surface area contributed by atoms with Crippen LogP contribution < -0.4 is 5.32 Å². The van der Waals surface area contributed by atoms with Gasteiger partial charge in [-0.3, -0.25) is 14.4 Å². The lowest BCUT2D eigenvalue weighted by Crippen LogP contribution is -2.60. The SMILES string of the molecule is CCOC(=O)[C@H]1[C@@H]2O[C@@]3(CC2Br)[C@@H]1C(=O)N([C@@H](CO)C(C)C)[C@@H]3C(=O)NC1CCCCC1. The molecule has 2 N–H and O–H groups in total. The highest BCUT2D eigenvalue weighted by molar-refractivity contribution is 9.09. The van der Waals surface area contributed by atoms with E-state index >= 15 is 0 Å². The lowest BCUT2D eigenvalue weighted by molar-refractivity contribution is -0.155. The number of nitrogens with zero attached hydrogens (tertiary/aromatic N) is 1. The second-order valence-electron chi connectivity index (χ2n) is 10.00. The molecule has 1 saturated carbocycles. The first-order chi connectivity index (χ1) is 15.3. The minimum atomic E-state index is -1.10. The van der Waals surface area contributed by atoms with Gasteiger partial charge in [0.2, 0.25) is 11.8 Å². The van der Waals surface area contributed by atoms with Crippen molar-refractivity contribution in [1.29, 1.82) is 0 Å². The molecule has 3 saturated heterocycles. The summed E-state index contributed by atoms with van der Waals surface area (Å²) in [4.78, 5) is 41.9. The van der Waals surface area contributed by atoms with Crippen molar-refractivity contribution >= 4 is 33.7 Å². The first kappa shape index (κ1) is 24.0. The van der Waals surface area contributed by atoms with Crippen LogP contribution >= 0.6 is 15.9 Å². The fourth-order valence-electron chi connectivity index (χ4n) is 6.38. The van der Waals surface area contributed by atoms with Gasteiger partial charge in [0.1, 0.15) is 11.6 Å². The van der Waals surface area contributed by atoms with E-state index in [2.05, 4.69) is 21.2 Å². The Morgan fingerprint density at radius 2 is 2.00 bits per heavy atom. The predicted molar refractivity (Wildman–Crippen MR) is 120 cm³/mol. The fraction of sp³-hybridized carbons (Fsp3) is 0.870. The molecular formula is C23H35BrN2O6. The molecule has 8 nitrogen and oxygen atoms in total. The maximum absolute atomic E-state index is 13.8. The molecule has 1 spiro atoms. The average Bonchev–Trinajstić information content (AvgIpc) is 3.33. The highest BCUT2D eigenvalue weighted by Crippen LogP contribution is 2.60. The number of likely N-dealkylation sites (tertiary alicyclic amines) is 1. The van der Waals surface area contributed by atoms with Gasteiger partial charge in [-0.25, -0.2) is 0 Å². The molecule has 2 amide bonds. The Labute approximate surface area is 197 Å². The van der Waals surface area contributed by atoms with Crippen LogP contribution in [-0.4, -0.2) is 75.7 Å². The van der Waals surface area contributed by atoms with Crippen molar-refractivity contribution in [1.82, 2.24) is 10.2 Å². The zero-order valence-corrected chi connectivity index (χ0v) is 20.7. The lowest BCUT2D eigenvalue weighted by Gasteiger charge is -2.39. The number of esters is 1. The van der Waals surface area contributed by atoms with Crippen molar-refractivity contribution in [3.8, 4) is 0 Å². The van der Waals surface area contributed by atoms with Crippen LogP contribution in [0.2, 0.25) is 0 Å². The highest BCUT2D eigenvalue weighted by Gasteiger charge is 2.77. The molecule has 3 aliphatic heterocycles. The van der Waals surface area contributed by atoms with Crippen molar-refractivity contribution < 1.29 is 29.0 Å².